The molecule has 2 aliphatic heterocycles. The molecule has 3 aromatic heterocycles. The molecular weight excluding hydrogens is 913 g/mol. The van der Waals surface area contributed by atoms with Crippen molar-refractivity contribution in [3.8, 4) is 21.2 Å². The fourth-order valence-corrected chi connectivity index (χ4v) is 10.9. The number of aliphatic imine (C=N–C) groups is 1. The molecule has 0 unspecified atom stereocenters. The second kappa shape index (κ2) is 20.2. The Kier molecular flexibility index (Phi) is 14.3. The van der Waals surface area contributed by atoms with Crippen molar-refractivity contribution in [2.75, 3.05) is 20.3 Å². The lowest BCUT2D eigenvalue weighted by Gasteiger charge is -2.35. The van der Waals surface area contributed by atoms with Crippen LogP contribution in [0.4, 0.5) is 0 Å². The maximum Gasteiger partial charge on any atom is 0.308 e. The maximum atomic E-state index is 14.3. The topological polar surface area (TPSA) is 190 Å². The van der Waals surface area contributed by atoms with Crippen molar-refractivity contribution in [1.82, 2.24) is 35.3 Å². The number of esters is 1. The predicted molar refractivity (Wildman–Crippen MR) is 266 cm³/mol. The van der Waals surface area contributed by atoms with Crippen molar-refractivity contribution in [3.63, 3.8) is 0 Å². The van der Waals surface area contributed by atoms with Crippen LogP contribution in [0.1, 0.15) is 108 Å². The minimum Gasteiger partial charge on any atom is -0.484 e. The van der Waals surface area contributed by atoms with Gasteiger partial charge in [-0.05, 0) is 86.4 Å². The highest BCUT2D eigenvalue weighted by atomic mass is 32.1. The lowest BCUT2D eigenvalue weighted by molar-refractivity contribution is -0.144. The van der Waals surface area contributed by atoms with E-state index in [0.717, 1.165) is 65.1 Å². The van der Waals surface area contributed by atoms with Gasteiger partial charge in [-0.2, -0.15) is 0 Å². The van der Waals surface area contributed by atoms with Gasteiger partial charge in [0.1, 0.15) is 34.7 Å². The minimum atomic E-state index is -1.01. The Hall–Kier alpha value is -6.56. The summed E-state index contributed by atoms with van der Waals surface area (Å²) in [7, 11) is 1.37. The smallest absolute Gasteiger partial charge is 0.308 e. The molecule has 3 aromatic carbocycles. The molecule has 0 radical (unpaired) electrons. The molecule has 8 rings (SSSR count). The SMILES string of the molecule is COC(=O)C[C@@H]1N=C(c2ccc(Cc3cccc(OCC(=O)N[C@H](C(=O)N4C[C@H](O)C[C@H]4C(=O)N[C@@H](C)c4ccc(-c5scnc5C)cc4)C(C)(C)C)c3)cc2)c2c(sc(C)c2C)-n2c(C)nnc21. The first kappa shape index (κ1) is 48.9. The number of rotatable bonds is 14. The van der Waals surface area contributed by atoms with E-state index in [-0.39, 0.29) is 43.9 Å². The van der Waals surface area contributed by atoms with Gasteiger partial charge >= 0.3 is 5.97 Å². The van der Waals surface area contributed by atoms with Crippen LogP contribution < -0.4 is 15.4 Å². The van der Waals surface area contributed by atoms with Crippen LogP contribution in [0.5, 0.6) is 5.75 Å². The van der Waals surface area contributed by atoms with Gasteiger partial charge in [-0.3, -0.25) is 28.7 Å². The second-order valence-corrected chi connectivity index (χ2v) is 20.9. The zero-order chi connectivity index (χ0) is 49.3. The van der Waals surface area contributed by atoms with Crippen molar-refractivity contribution >= 4 is 52.1 Å². The zero-order valence-electron chi connectivity index (χ0n) is 40.3. The largest absolute Gasteiger partial charge is 0.484 e. The molecule has 3 amide bonds. The number of aryl methyl sites for hydroxylation is 3. The lowest BCUT2D eigenvalue weighted by atomic mass is 9.85. The molecule has 3 N–H and O–H groups in total. The summed E-state index contributed by atoms with van der Waals surface area (Å²) >= 11 is 3.22. The first-order valence-electron chi connectivity index (χ1n) is 23.0. The highest BCUT2D eigenvalue weighted by Gasteiger charge is 2.45. The number of thiophene rings is 1. The van der Waals surface area contributed by atoms with E-state index in [1.165, 1.54) is 12.0 Å². The van der Waals surface area contributed by atoms with E-state index in [2.05, 4.69) is 51.8 Å². The Balaban J connectivity index is 0.903. The number of thiazole rings is 1. The Bertz CT molecular complexity index is 2910. The molecule has 17 heteroatoms. The Morgan fingerprint density at radius 2 is 1.65 bits per heavy atom. The van der Waals surface area contributed by atoms with Gasteiger partial charge in [0.05, 0.1) is 47.5 Å². The average Bonchev–Trinajstić information content (AvgIpc) is 4.09. The number of carbonyl (C=O) groups is 4. The minimum absolute atomic E-state index is 0.0227. The number of hydrogen-bond donors (Lipinski definition) is 3. The molecule has 0 saturated carbocycles. The third-order valence-corrected chi connectivity index (χ3v) is 15.0. The highest BCUT2D eigenvalue weighted by Crippen LogP contribution is 2.40. The summed E-state index contributed by atoms with van der Waals surface area (Å²) in [4.78, 5) is 67.3. The molecular formula is C52H58N8O7S2. The molecule has 1 saturated heterocycles. The van der Waals surface area contributed by atoms with Gasteiger partial charge in [0.2, 0.25) is 11.8 Å². The van der Waals surface area contributed by atoms with E-state index in [9.17, 15) is 24.3 Å². The van der Waals surface area contributed by atoms with Gasteiger partial charge in [0, 0.05) is 29.0 Å². The van der Waals surface area contributed by atoms with E-state index in [1.807, 2.05) is 106 Å². The van der Waals surface area contributed by atoms with Crippen molar-refractivity contribution in [2.24, 2.45) is 10.4 Å². The molecule has 0 bridgehead atoms. The van der Waals surface area contributed by atoms with E-state index < -0.39 is 41.5 Å². The van der Waals surface area contributed by atoms with E-state index in [0.29, 0.717) is 23.8 Å². The number of amides is 3. The number of hydrogen-bond acceptors (Lipinski definition) is 13. The fourth-order valence-electron chi connectivity index (χ4n) is 8.89. The van der Waals surface area contributed by atoms with E-state index >= 15 is 0 Å². The van der Waals surface area contributed by atoms with Gasteiger partial charge in [-0.1, -0.05) is 81.4 Å². The number of likely N-dealkylation sites (tertiary alicyclic amines) is 1. The number of nitrogens with one attached hydrogen (secondary N) is 2. The monoisotopic (exact) mass is 970 g/mol. The molecule has 0 aliphatic carbocycles. The van der Waals surface area contributed by atoms with Gasteiger partial charge in [-0.25, -0.2) is 4.98 Å². The number of aromatic nitrogens is 4. The van der Waals surface area contributed by atoms with E-state index in [4.69, 9.17) is 14.5 Å². The van der Waals surface area contributed by atoms with Gasteiger partial charge in [0.25, 0.3) is 5.91 Å². The quantitative estimate of drug-likeness (QED) is 0.0923. The Labute approximate surface area is 410 Å². The zero-order valence-corrected chi connectivity index (χ0v) is 42.0. The molecule has 1 fully saturated rings. The number of nitrogens with zero attached hydrogens (tertiary/aromatic N) is 6. The van der Waals surface area contributed by atoms with E-state index in [1.54, 1.807) is 28.7 Å². The summed E-state index contributed by atoms with van der Waals surface area (Å²) in [5.74, 6) is 0.0811. The van der Waals surface area contributed by atoms with Crippen LogP contribution >= 0.6 is 22.7 Å². The number of carbonyl (C=O) groups excluding carboxylic acids is 4. The molecule has 15 nitrogen and oxygen atoms in total. The summed E-state index contributed by atoms with van der Waals surface area (Å²) in [6, 6.07) is 20.8. The molecule has 5 heterocycles. The van der Waals surface area contributed by atoms with Gasteiger partial charge in [-0.15, -0.1) is 32.9 Å². The summed E-state index contributed by atoms with van der Waals surface area (Å²) in [5, 5.41) is 26.4. The van der Waals surface area contributed by atoms with Gasteiger partial charge < -0.3 is 30.1 Å². The van der Waals surface area contributed by atoms with Crippen LogP contribution in [0.15, 0.2) is 83.3 Å². The molecule has 6 aromatic rings. The average molecular weight is 971 g/mol. The normalized spacial score (nSPS) is 17.5. The van der Waals surface area contributed by atoms with Crippen molar-refractivity contribution < 1.29 is 33.8 Å². The molecule has 69 heavy (non-hydrogen) atoms. The van der Waals surface area contributed by atoms with Crippen molar-refractivity contribution in [3.05, 3.63) is 134 Å². The first-order chi connectivity index (χ1) is 32.9. The summed E-state index contributed by atoms with van der Waals surface area (Å²) < 4.78 is 13.0. The third-order valence-electron chi connectivity index (χ3n) is 12.8. The second-order valence-electron chi connectivity index (χ2n) is 18.9. The van der Waals surface area contributed by atoms with Crippen LogP contribution in [0, 0.1) is 33.1 Å². The van der Waals surface area contributed by atoms with Crippen LogP contribution in [-0.4, -0.2) is 97.6 Å². The maximum absolute atomic E-state index is 14.3. The predicted octanol–water partition coefficient (Wildman–Crippen LogP) is 7.48. The number of ether oxygens (including phenoxy) is 2. The number of aliphatic hydroxyl groups is 1. The first-order valence-corrected chi connectivity index (χ1v) is 24.7. The molecule has 360 valence electrons. The number of fused-ring (bicyclic) bond motifs is 3. The number of benzene rings is 3. The Morgan fingerprint density at radius 1 is 0.928 bits per heavy atom. The number of aliphatic hydroxyl groups excluding tert-OH is 1. The number of β-amino-alcohol motifs (C(OH)–C–C–N with tert-alkyl or cyclic N) is 1. The molecule has 2 aliphatic rings. The third kappa shape index (κ3) is 10.6. The summed E-state index contributed by atoms with van der Waals surface area (Å²) in [6.07, 6.45) is -0.211. The molecule has 5 atom stereocenters. The lowest BCUT2D eigenvalue weighted by Crippen LogP contribution is -2.58. The molecule has 0 spiro atoms. The standard InChI is InChI=1S/C52H58N8O7S2/c1-28-31(4)69-51-44(28)45(55-40(24-43(63)66-9)48-58-57-32(5)60(48)51)36-15-13-33(14-16-36)21-34-11-10-12-39(22-34)67-26-42(62)56-47(52(6,7)8)50(65)59-25-38(61)23-41(59)49(64)54-29(2)35-17-19-37(20-18-35)46-30(3)53-27-68-46/h10-20,22,27,29,38,40-41,47,61H,21,23-26H2,1-9H3,(H,54,64)(H,56,62)/t29-,38+,40-,41-,47+/m0/s1. The van der Waals surface area contributed by atoms with Crippen LogP contribution in [-0.2, 0) is 30.3 Å². The van der Waals surface area contributed by atoms with Crippen LogP contribution in [0.25, 0.3) is 15.4 Å². The van der Waals surface area contributed by atoms with Crippen LogP contribution in [0.2, 0.25) is 0 Å². The summed E-state index contributed by atoms with van der Waals surface area (Å²) in [5.41, 5.74) is 9.74. The fraction of sp³-hybridized carbons (Fsp3) is 0.385. The van der Waals surface area contributed by atoms with Crippen molar-refractivity contribution in [1.29, 1.82) is 0 Å². The number of methoxy groups -OCH3 is 1. The summed E-state index contributed by atoms with van der Waals surface area (Å²) in [6.45, 7) is 15.1. The van der Waals surface area contributed by atoms with Crippen molar-refractivity contribution in [2.45, 2.75) is 105 Å². The highest BCUT2D eigenvalue weighted by molar-refractivity contribution is 7.15. The van der Waals surface area contributed by atoms with Gasteiger partial charge in [0.15, 0.2) is 12.4 Å². The Morgan fingerprint density at radius 3 is 2.33 bits per heavy atom. The van der Waals surface area contributed by atoms with Crippen LogP contribution in [0.3, 0.4) is 0 Å².